The van der Waals surface area contributed by atoms with E-state index in [2.05, 4.69) is 67.8 Å². The molecule has 4 heterocycles. The van der Waals surface area contributed by atoms with Gasteiger partial charge in [0.2, 0.25) is 65.0 Å². The minimum atomic E-state index is -1.76. The summed E-state index contributed by atoms with van der Waals surface area (Å²) in [6.45, 7) is 1.62. The number of amides is 11. The number of para-hydroxylation sites is 1. The van der Waals surface area contributed by atoms with Crippen LogP contribution in [0.15, 0.2) is 72.2 Å². The van der Waals surface area contributed by atoms with Gasteiger partial charge in [-0.2, -0.15) is 0 Å². The third-order valence-corrected chi connectivity index (χ3v) is 14.1. The van der Waals surface area contributed by atoms with Gasteiger partial charge < -0.3 is 90.1 Å². The first-order valence-electron chi connectivity index (χ1n) is 27.8. The molecule has 0 aliphatic carbocycles. The van der Waals surface area contributed by atoms with Crippen LogP contribution in [-0.2, 0) is 72.0 Å². The number of hydrogen-bond donors (Lipinski definition) is 16. The summed E-state index contributed by atoms with van der Waals surface area (Å²) < 4.78 is 0. The molecule has 8 atom stereocenters. The number of fused-ring (bicyclic) bond motifs is 1. The van der Waals surface area contributed by atoms with E-state index in [0.29, 0.717) is 34.1 Å². The molecule has 85 heavy (non-hydrogen) atoms. The Labute approximate surface area is 488 Å². The number of aromatic nitrogens is 3. The molecule has 2 aliphatic rings. The molecule has 30 heteroatoms. The minimum Gasteiger partial charge on any atom is -0.508 e. The quantitative estimate of drug-likeness (QED) is 0.0129. The number of aromatic amines is 2. The minimum absolute atomic E-state index is 0.0156. The number of imidazole rings is 1. The number of likely N-dealkylation sites (tertiary alicyclic amines) is 1. The number of nitrogens with two attached hydrogens (primary N) is 3. The number of aromatic hydroxyl groups is 1. The zero-order valence-electron chi connectivity index (χ0n) is 47.1. The fourth-order valence-corrected chi connectivity index (χ4v) is 9.79. The molecule has 0 saturated carbocycles. The molecule has 2 saturated heterocycles. The number of aliphatic imine (C=N–C) groups is 1. The van der Waals surface area contributed by atoms with E-state index in [0.717, 1.165) is 0 Å². The number of hydrogen-bond acceptors (Lipinski definition) is 15. The molecule has 0 unspecified atom stereocenters. The number of aliphatic hydroxyl groups excluding tert-OH is 1. The van der Waals surface area contributed by atoms with Gasteiger partial charge >= 0.3 is 0 Å². The van der Waals surface area contributed by atoms with E-state index in [1.807, 2.05) is 0 Å². The largest absolute Gasteiger partial charge is 0.508 e. The number of primary amides is 1. The van der Waals surface area contributed by atoms with Gasteiger partial charge in [0.1, 0.15) is 54.1 Å². The third-order valence-electron chi connectivity index (χ3n) is 14.1. The van der Waals surface area contributed by atoms with Gasteiger partial charge in [-0.15, -0.1) is 0 Å². The Kier molecular flexibility index (Phi) is 23.7. The summed E-state index contributed by atoms with van der Waals surface area (Å²) in [5.41, 5.74) is 18.3. The van der Waals surface area contributed by atoms with Crippen LogP contribution < -0.4 is 65.1 Å². The van der Waals surface area contributed by atoms with Gasteiger partial charge in [0, 0.05) is 67.8 Å². The van der Waals surface area contributed by atoms with Crippen molar-refractivity contribution in [2.75, 3.05) is 32.8 Å². The lowest BCUT2D eigenvalue weighted by atomic mass is 10.0. The molecule has 0 radical (unpaired) electrons. The highest BCUT2D eigenvalue weighted by molar-refractivity contribution is 5.99. The first-order valence-corrected chi connectivity index (χ1v) is 27.8. The molecule has 2 fully saturated rings. The van der Waals surface area contributed by atoms with Crippen LogP contribution in [0.3, 0.4) is 0 Å². The highest BCUT2D eigenvalue weighted by Crippen LogP contribution is 2.22. The Morgan fingerprint density at radius 1 is 0.729 bits per heavy atom. The molecule has 0 spiro atoms. The zero-order chi connectivity index (χ0) is 61.7. The van der Waals surface area contributed by atoms with E-state index in [1.54, 1.807) is 44.3 Å². The van der Waals surface area contributed by atoms with Crippen LogP contribution in [0.25, 0.3) is 10.9 Å². The number of rotatable bonds is 31. The number of guanidine groups is 1. The van der Waals surface area contributed by atoms with Crippen LogP contribution in [0.4, 0.5) is 0 Å². The molecule has 4 aromatic rings. The maximum absolute atomic E-state index is 14.4. The lowest BCUT2D eigenvalue weighted by Crippen LogP contribution is -2.60. The molecule has 11 amide bonds. The van der Waals surface area contributed by atoms with Gasteiger partial charge in [-0.05, 0) is 73.8 Å². The molecule has 2 aliphatic heterocycles. The van der Waals surface area contributed by atoms with Crippen molar-refractivity contribution in [1.82, 2.24) is 67.7 Å². The molecule has 0 bridgehead atoms. The molecule has 30 nitrogen and oxygen atoms in total. The number of phenolic OH excluding ortho intramolecular Hbond substituents is 1. The van der Waals surface area contributed by atoms with Crippen molar-refractivity contribution >= 4 is 81.8 Å². The monoisotopic (exact) mass is 1180 g/mol. The molecule has 19 N–H and O–H groups in total. The summed E-state index contributed by atoms with van der Waals surface area (Å²) in [5, 5.41) is 44.5. The average Bonchev–Trinajstić information content (AvgIpc) is 4.32. The summed E-state index contributed by atoms with van der Waals surface area (Å²) in [7, 11) is 0. The van der Waals surface area contributed by atoms with Gasteiger partial charge in [0.05, 0.1) is 26.0 Å². The van der Waals surface area contributed by atoms with Gasteiger partial charge in [-0.25, -0.2) is 4.98 Å². The number of H-pyrrole nitrogens is 2. The molecule has 458 valence electrons. The van der Waals surface area contributed by atoms with Crippen molar-refractivity contribution in [2.45, 2.75) is 126 Å². The summed E-state index contributed by atoms with van der Waals surface area (Å²) in [6, 6.07) is 2.37. The van der Waals surface area contributed by atoms with Crippen LogP contribution in [-0.4, -0.2) is 182 Å². The maximum Gasteiger partial charge on any atom is 0.245 e. The Balaban J connectivity index is 1.16. The second-order valence-electron chi connectivity index (χ2n) is 21.2. The highest BCUT2D eigenvalue weighted by atomic mass is 16.3. The summed E-state index contributed by atoms with van der Waals surface area (Å²) in [6.07, 6.45) is 5.24. The molecule has 6 rings (SSSR count). The summed E-state index contributed by atoms with van der Waals surface area (Å²) >= 11 is 0. The van der Waals surface area contributed by atoms with Gasteiger partial charge in [-0.3, -0.25) is 57.7 Å². The number of benzene rings is 2. The number of carbonyl (C=O) groups excluding carboxylic acids is 11. The lowest BCUT2D eigenvalue weighted by molar-refractivity contribution is -0.142. The Morgan fingerprint density at radius 3 is 2.04 bits per heavy atom. The fraction of sp³-hybridized carbons (Fsp3) is 0.473. The smallest absolute Gasteiger partial charge is 0.245 e. The third kappa shape index (κ3) is 19.5. The van der Waals surface area contributed by atoms with Crippen LogP contribution in [0, 0.1) is 5.92 Å². The average molecular weight is 1180 g/mol. The number of aliphatic hydroxyl groups is 1. The van der Waals surface area contributed by atoms with Crippen LogP contribution in [0.1, 0.15) is 75.6 Å². The van der Waals surface area contributed by atoms with E-state index in [4.69, 9.17) is 17.2 Å². The van der Waals surface area contributed by atoms with E-state index < -0.39 is 127 Å². The number of nitrogens with zero attached hydrogens (tertiary/aromatic N) is 3. The molecule has 2 aromatic heterocycles. The van der Waals surface area contributed by atoms with Crippen molar-refractivity contribution in [2.24, 2.45) is 28.1 Å². The van der Waals surface area contributed by atoms with Crippen molar-refractivity contribution in [1.29, 1.82) is 0 Å². The summed E-state index contributed by atoms with van der Waals surface area (Å²) in [4.78, 5) is 164. The fourth-order valence-electron chi connectivity index (χ4n) is 9.79. The zero-order valence-corrected chi connectivity index (χ0v) is 47.1. The van der Waals surface area contributed by atoms with Crippen molar-refractivity contribution in [3.8, 4) is 5.75 Å². The Hall–Kier alpha value is -9.61. The maximum atomic E-state index is 14.4. The number of phenols is 1. The lowest BCUT2D eigenvalue weighted by Gasteiger charge is -2.30. The topological polar surface area (TPSA) is 475 Å². The van der Waals surface area contributed by atoms with Gasteiger partial charge in [0.25, 0.3) is 0 Å². The SMILES string of the molecule is CC(C)C[C@H](NC(=O)CNC(=O)[C@@H](Cc1ccc(O)cc1)NC(=O)[C@@H](CO)NC(=O)[C@@H](Cc1c[nH]c2ccccc12)NC(=O)[C@@H](Cc1cnc[nH]1)NC(=O)[C@@H]1CCC(=O)N1)C(=O)N[C@@H](CCCN=C(N)N)C(=O)N1CCC[C@@H]1C(=O)NCC(N)=O. The normalized spacial score (nSPS) is 16.8. The van der Waals surface area contributed by atoms with Crippen molar-refractivity contribution in [3.63, 3.8) is 0 Å². The van der Waals surface area contributed by atoms with Crippen LogP contribution in [0.2, 0.25) is 0 Å². The Bertz CT molecular complexity index is 3060. The second kappa shape index (κ2) is 31.2. The van der Waals surface area contributed by atoms with Gasteiger partial charge in [0.15, 0.2) is 5.96 Å². The molecular weight excluding hydrogens is 1110 g/mol. The van der Waals surface area contributed by atoms with Crippen LogP contribution in [0.5, 0.6) is 5.75 Å². The van der Waals surface area contributed by atoms with Crippen LogP contribution >= 0.6 is 0 Å². The number of carbonyl (C=O) groups is 11. The number of nitrogens with one attached hydrogen (secondary N) is 11. The van der Waals surface area contributed by atoms with E-state index >= 15 is 0 Å². The molecule has 2 aromatic carbocycles. The van der Waals surface area contributed by atoms with E-state index in [1.165, 1.54) is 41.7 Å². The van der Waals surface area contributed by atoms with Gasteiger partial charge in [-0.1, -0.05) is 44.2 Å². The summed E-state index contributed by atoms with van der Waals surface area (Å²) in [5.74, 6) is -8.86. The van der Waals surface area contributed by atoms with Crippen molar-refractivity contribution in [3.05, 3.63) is 84.1 Å². The molecular formula is C55H75N17O13. The highest BCUT2D eigenvalue weighted by Gasteiger charge is 2.39. The second-order valence-corrected chi connectivity index (χ2v) is 21.2. The van der Waals surface area contributed by atoms with Crippen molar-refractivity contribution < 1.29 is 63.0 Å². The first-order chi connectivity index (χ1) is 40.6. The predicted octanol–water partition coefficient (Wildman–Crippen LogP) is -4.39. The standard InChI is InChI=1S/C55H75N17O13/c1-29(2)19-38(49(80)67-37(9-5-17-60-55(57)58)54(85)72-18-6-10-43(72)53(84)62-25-44(56)75)66-46(77)26-63-47(78)39(20-30-11-13-33(74)14-12-30)68-52(83)42(27-73)71-50(81)40(21-31-23-61-35-8-4-3-7-34(31)35)69-51(82)41(22-32-24-59-28-64-32)70-48(79)36-15-16-45(76)65-36/h3-4,7-8,11-14,23-24,28-29,36-43,61,73-74H,5-6,9-10,15-22,25-27H2,1-2H3,(H2,56,75)(H,59,64)(H,62,84)(H,63,78)(H,65,76)(H,66,77)(H,67,80)(H,68,83)(H,69,82)(H,70,79)(H,71,81)(H4,57,58,60)/t36-,37-,38-,39+,40+,41+,42+,43+/m0/s1. The Morgan fingerprint density at radius 2 is 1.39 bits per heavy atom. The van der Waals surface area contributed by atoms with E-state index in [9.17, 15) is 63.0 Å². The first kappa shape index (κ1) is 64.6. The van der Waals surface area contributed by atoms with E-state index in [-0.39, 0.29) is 94.4 Å². The predicted molar refractivity (Wildman–Crippen MR) is 305 cm³/mol.